The molecule has 0 spiro atoms. The molecule has 0 radical (unpaired) electrons. The highest BCUT2D eigenvalue weighted by Gasteiger charge is 2.14. The number of hydrogen-bond donors (Lipinski definition) is 1. The molecule has 0 fully saturated rings. The molecular formula is C18H19IN2O. The monoisotopic (exact) mass is 406 g/mol. The molecule has 1 amide bonds. The van der Waals surface area contributed by atoms with Crippen LogP contribution in [0.2, 0.25) is 0 Å². The molecular weight excluding hydrogens is 387 g/mol. The number of hydrogen-bond acceptors (Lipinski definition) is 2. The Hall–Kier alpha value is -1.69. The second kappa shape index (κ2) is 7.05. The third-order valence-corrected chi connectivity index (χ3v) is 4.27. The number of hydrazone groups is 1. The first kappa shape index (κ1) is 16.7. The standard InChI is InChI=1S/C18H19IN2O/c1-18(2,3)15-10-8-13(9-11-15)17(22)21-20-12-14-6-4-5-7-16(14)19/h4-12H,1-3H3,(H,21,22)/b20-12+. The quantitative estimate of drug-likeness (QED) is 0.460. The predicted molar refractivity (Wildman–Crippen MR) is 99.4 cm³/mol. The summed E-state index contributed by atoms with van der Waals surface area (Å²) in [6.07, 6.45) is 1.66. The summed E-state index contributed by atoms with van der Waals surface area (Å²) in [4.78, 5) is 12.1. The Morgan fingerprint density at radius 1 is 1.09 bits per heavy atom. The lowest BCUT2D eigenvalue weighted by molar-refractivity contribution is 0.0955. The summed E-state index contributed by atoms with van der Waals surface area (Å²) in [5, 5.41) is 4.02. The first-order chi connectivity index (χ1) is 10.4. The van der Waals surface area contributed by atoms with E-state index in [1.165, 1.54) is 5.56 Å². The minimum absolute atomic E-state index is 0.0805. The normalized spacial score (nSPS) is 11.6. The van der Waals surface area contributed by atoms with E-state index in [0.717, 1.165) is 9.13 Å². The average Bonchev–Trinajstić information content (AvgIpc) is 2.48. The lowest BCUT2D eigenvalue weighted by atomic mass is 9.87. The summed E-state index contributed by atoms with van der Waals surface area (Å²) >= 11 is 2.24. The van der Waals surface area contributed by atoms with Gasteiger partial charge >= 0.3 is 0 Å². The number of benzene rings is 2. The van der Waals surface area contributed by atoms with Crippen LogP contribution >= 0.6 is 22.6 Å². The van der Waals surface area contributed by atoms with E-state index in [1.54, 1.807) is 6.21 Å². The fraction of sp³-hybridized carbons (Fsp3) is 0.222. The Labute approximate surface area is 145 Å². The van der Waals surface area contributed by atoms with Crippen LogP contribution in [0.4, 0.5) is 0 Å². The van der Waals surface area contributed by atoms with E-state index in [1.807, 2.05) is 48.5 Å². The lowest BCUT2D eigenvalue weighted by Gasteiger charge is -2.18. The average molecular weight is 406 g/mol. The van der Waals surface area contributed by atoms with Crippen molar-refractivity contribution in [2.24, 2.45) is 5.10 Å². The highest BCUT2D eigenvalue weighted by Crippen LogP contribution is 2.22. The highest BCUT2D eigenvalue weighted by molar-refractivity contribution is 14.1. The Morgan fingerprint density at radius 2 is 1.73 bits per heavy atom. The van der Waals surface area contributed by atoms with Crippen LogP contribution in [-0.4, -0.2) is 12.1 Å². The molecule has 114 valence electrons. The molecule has 0 saturated carbocycles. The van der Waals surface area contributed by atoms with Gasteiger partial charge in [-0.1, -0.05) is 51.1 Å². The Morgan fingerprint density at radius 3 is 2.32 bits per heavy atom. The van der Waals surface area contributed by atoms with Gasteiger partial charge in [-0.15, -0.1) is 0 Å². The number of halogens is 1. The number of nitrogens with zero attached hydrogens (tertiary/aromatic N) is 1. The van der Waals surface area contributed by atoms with E-state index >= 15 is 0 Å². The van der Waals surface area contributed by atoms with Gasteiger partial charge in [0.2, 0.25) is 0 Å². The van der Waals surface area contributed by atoms with Crippen LogP contribution in [0.1, 0.15) is 42.3 Å². The maximum absolute atomic E-state index is 12.1. The number of carbonyl (C=O) groups excluding carboxylic acids is 1. The van der Waals surface area contributed by atoms with Gasteiger partial charge in [0.25, 0.3) is 5.91 Å². The zero-order valence-corrected chi connectivity index (χ0v) is 15.1. The second-order valence-electron chi connectivity index (χ2n) is 6.05. The van der Waals surface area contributed by atoms with Crippen molar-refractivity contribution < 1.29 is 4.79 Å². The van der Waals surface area contributed by atoms with Crippen molar-refractivity contribution in [2.45, 2.75) is 26.2 Å². The van der Waals surface area contributed by atoms with Crippen molar-refractivity contribution in [1.29, 1.82) is 0 Å². The van der Waals surface area contributed by atoms with Crippen LogP contribution in [0.25, 0.3) is 0 Å². The topological polar surface area (TPSA) is 41.5 Å². The minimum atomic E-state index is -0.206. The van der Waals surface area contributed by atoms with E-state index in [4.69, 9.17) is 0 Å². The molecule has 0 aliphatic heterocycles. The Kier molecular flexibility index (Phi) is 5.34. The number of carbonyl (C=O) groups is 1. The summed E-state index contributed by atoms with van der Waals surface area (Å²) in [5.41, 5.74) is 5.42. The van der Waals surface area contributed by atoms with Crippen LogP contribution in [0, 0.1) is 3.57 Å². The van der Waals surface area contributed by atoms with Crippen molar-refractivity contribution >= 4 is 34.7 Å². The van der Waals surface area contributed by atoms with Crippen molar-refractivity contribution in [3.05, 3.63) is 68.8 Å². The Bertz CT molecular complexity index is 685. The van der Waals surface area contributed by atoms with Gasteiger partial charge in [0.15, 0.2) is 0 Å². The number of rotatable bonds is 3. The fourth-order valence-electron chi connectivity index (χ4n) is 1.93. The first-order valence-corrected chi connectivity index (χ1v) is 8.14. The molecule has 0 heterocycles. The largest absolute Gasteiger partial charge is 0.271 e. The lowest BCUT2D eigenvalue weighted by Crippen LogP contribution is -2.18. The van der Waals surface area contributed by atoms with E-state index < -0.39 is 0 Å². The van der Waals surface area contributed by atoms with E-state index in [-0.39, 0.29) is 11.3 Å². The zero-order valence-electron chi connectivity index (χ0n) is 12.9. The summed E-state index contributed by atoms with van der Waals surface area (Å²) in [6.45, 7) is 6.44. The third-order valence-electron chi connectivity index (χ3n) is 3.29. The summed E-state index contributed by atoms with van der Waals surface area (Å²) < 4.78 is 1.09. The number of nitrogens with one attached hydrogen (secondary N) is 1. The maximum atomic E-state index is 12.1. The summed E-state index contributed by atoms with van der Waals surface area (Å²) in [6, 6.07) is 15.5. The van der Waals surface area contributed by atoms with Crippen molar-refractivity contribution in [1.82, 2.24) is 5.43 Å². The highest BCUT2D eigenvalue weighted by atomic mass is 127. The molecule has 2 rings (SSSR count). The molecule has 3 nitrogen and oxygen atoms in total. The van der Waals surface area contributed by atoms with Gasteiger partial charge in [0, 0.05) is 14.7 Å². The smallest absolute Gasteiger partial charge is 0.267 e. The van der Waals surface area contributed by atoms with Gasteiger partial charge in [-0.3, -0.25) is 4.79 Å². The van der Waals surface area contributed by atoms with Crippen molar-refractivity contribution in [2.75, 3.05) is 0 Å². The van der Waals surface area contributed by atoms with Crippen LogP contribution in [0.15, 0.2) is 53.6 Å². The molecule has 2 aromatic carbocycles. The molecule has 0 bridgehead atoms. The molecule has 2 aromatic rings. The second-order valence-corrected chi connectivity index (χ2v) is 7.21. The van der Waals surface area contributed by atoms with Gasteiger partial charge < -0.3 is 0 Å². The first-order valence-electron chi connectivity index (χ1n) is 7.06. The van der Waals surface area contributed by atoms with E-state index in [2.05, 4.69) is 53.9 Å². The van der Waals surface area contributed by atoms with E-state index in [9.17, 15) is 4.79 Å². The minimum Gasteiger partial charge on any atom is -0.267 e. The molecule has 22 heavy (non-hydrogen) atoms. The number of amides is 1. The SMILES string of the molecule is CC(C)(C)c1ccc(C(=O)N/N=C/c2ccccc2I)cc1. The van der Waals surface area contributed by atoms with Crippen LogP contribution in [0.3, 0.4) is 0 Å². The predicted octanol–water partition coefficient (Wildman–Crippen LogP) is 4.35. The van der Waals surface area contributed by atoms with E-state index in [0.29, 0.717) is 5.56 Å². The maximum Gasteiger partial charge on any atom is 0.271 e. The zero-order chi connectivity index (χ0) is 16.2. The van der Waals surface area contributed by atoms with Gasteiger partial charge in [0.1, 0.15) is 0 Å². The Balaban J connectivity index is 2.02. The van der Waals surface area contributed by atoms with Crippen LogP contribution in [-0.2, 0) is 5.41 Å². The summed E-state index contributed by atoms with van der Waals surface area (Å²) in [5.74, 6) is -0.206. The molecule has 0 unspecified atom stereocenters. The molecule has 4 heteroatoms. The molecule has 0 saturated heterocycles. The van der Waals surface area contributed by atoms with Crippen molar-refractivity contribution in [3.8, 4) is 0 Å². The van der Waals surface area contributed by atoms with Crippen LogP contribution < -0.4 is 5.43 Å². The molecule has 0 aromatic heterocycles. The van der Waals surface area contributed by atoms with Gasteiger partial charge in [-0.05, 0) is 51.8 Å². The fourth-order valence-corrected chi connectivity index (χ4v) is 2.45. The molecule has 1 N–H and O–H groups in total. The van der Waals surface area contributed by atoms with Gasteiger partial charge in [-0.25, -0.2) is 5.43 Å². The molecule has 0 aliphatic carbocycles. The van der Waals surface area contributed by atoms with Gasteiger partial charge in [0.05, 0.1) is 6.21 Å². The molecule has 0 aliphatic rings. The molecule has 0 atom stereocenters. The third kappa shape index (κ3) is 4.40. The van der Waals surface area contributed by atoms with Gasteiger partial charge in [-0.2, -0.15) is 5.10 Å². The van der Waals surface area contributed by atoms with Crippen molar-refractivity contribution in [3.63, 3.8) is 0 Å². The van der Waals surface area contributed by atoms with Crippen LogP contribution in [0.5, 0.6) is 0 Å². The summed E-state index contributed by atoms with van der Waals surface area (Å²) in [7, 11) is 0.